The van der Waals surface area contributed by atoms with Crippen molar-refractivity contribution in [2.45, 2.75) is 19.9 Å². The van der Waals surface area contributed by atoms with Gasteiger partial charge in [0.15, 0.2) is 0 Å². The summed E-state index contributed by atoms with van der Waals surface area (Å²) in [7, 11) is 0. The predicted molar refractivity (Wildman–Crippen MR) is 57.1 cm³/mol. The molecule has 0 saturated heterocycles. The van der Waals surface area contributed by atoms with E-state index in [0.717, 1.165) is 6.07 Å². The summed E-state index contributed by atoms with van der Waals surface area (Å²) in [5, 5.41) is 0.0771. The summed E-state index contributed by atoms with van der Waals surface area (Å²) in [5.41, 5.74) is -0.422. The summed E-state index contributed by atoms with van der Waals surface area (Å²) < 4.78 is 18.8. The maximum absolute atomic E-state index is 13.0. The van der Waals surface area contributed by atoms with Gasteiger partial charge >= 0.3 is 11.4 Å². The van der Waals surface area contributed by atoms with Gasteiger partial charge in [-0.05, 0) is 32.0 Å². The second-order valence-electron chi connectivity index (χ2n) is 3.78. The SMILES string of the molecule is CC(C)n1c(=O)oc(=O)c2cc(F)ccc21. The molecule has 1 aromatic heterocycles. The molecule has 0 spiro atoms. The van der Waals surface area contributed by atoms with Crippen LogP contribution in [0.4, 0.5) is 4.39 Å². The maximum atomic E-state index is 13.0. The predicted octanol–water partition coefficient (Wildman–Crippen LogP) is 1.67. The van der Waals surface area contributed by atoms with E-state index in [4.69, 9.17) is 0 Å². The van der Waals surface area contributed by atoms with E-state index in [-0.39, 0.29) is 11.4 Å². The first-order chi connectivity index (χ1) is 7.50. The van der Waals surface area contributed by atoms with Crippen molar-refractivity contribution in [1.29, 1.82) is 0 Å². The smallest absolute Gasteiger partial charge is 0.372 e. The lowest BCUT2D eigenvalue weighted by molar-refractivity contribution is 0.398. The van der Waals surface area contributed by atoms with Gasteiger partial charge in [-0.25, -0.2) is 14.0 Å². The number of aromatic nitrogens is 1. The van der Waals surface area contributed by atoms with E-state index < -0.39 is 17.2 Å². The van der Waals surface area contributed by atoms with Gasteiger partial charge in [-0.2, -0.15) is 0 Å². The standard InChI is InChI=1S/C11H10FNO3/c1-6(2)13-9-4-3-7(12)5-8(9)10(14)16-11(13)15/h3-6H,1-2H3. The molecule has 4 nitrogen and oxygen atoms in total. The molecule has 0 atom stereocenters. The lowest BCUT2D eigenvalue weighted by atomic mass is 10.2. The molecule has 0 saturated carbocycles. The van der Waals surface area contributed by atoms with Crippen LogP contribution in [0.15, 0.2) is 32.2 Å². The minimum absolute atomic E-state index is 0.0771. The van der Waals surface area contributed by atoms with Crippen molar-refractivity contribution in [3.05, 3.63) is 45.0 Å². The van der Waals surface area contributed by atoms with Gasteiger partial charge in [0.05, 0.1) is 10.9 Å². The van der Waals surface area contributed by atoms with E-state index in [1.54, 1.807) is 13.8 Å². The molecule has 0 amide bonds. The van der Waals surface area contributed by atoms with Crippen LogP contribution in [0.2, 0.25) is 0 Å². The first-order valence-corrected chi connectivity index (χ1v) is 4.85. The average molecular weight is 223 g/mol. The van der Waals surface area contributed by atoms with Crippen LogP contribution < -0.4 is 11.4 Å². The number of fused-ring (bicyclic) bond motifs is 1. The first kappa shape index (κ1) is 10.6. The van der Waals surface area contributed by atoms with Crippen molar-refractivity contribution in [2.24, 2.45) is 0 Å². The molecule has 1 aromatic carbocycles. The van der Waals surface area contributed by atoms with Crippen molar-refractivity contribution < 1.29 is 8.81 Å². The number of halogens is 1. The lowest BCUT2D eigenvalue weighted by Crippen LogP contribution is -2.26. The largest absolute Gasteiger partial charge is 0.422 e. The summed E-state index contributed by atoms with van der Waals surface area (Å²) in [6.07, 6.45) is 0. The summed E-state index contributed by atoms with van der Waals surface area (Å²) in [4.78, 5) is 22.9. The number of hydrogen-bond acceptors (Lipinski definition) is 3. The van der Waals surface area contributed by atoms with Crippen LogP contribution in [0.1, 0.15) is 19.9 Å². The lowest BCUT2D eigenvalue weighted by Gasteiger charge is -2.11. The van der Waals surface area contributed by atoms with Crippen molar-refractivity contribution in [3.8, 4) is 0 Å². The van der Waals surface area contributed by atoms with Crippen LogP contribution in [0.25, 0.3) is 10.9 Å². The molecule has 5 heteroatoms. The summed E-state index contributed by atoms with van der Waals surface area (Å²) in [6, 6.07) is 3.52. The molecule has 1 heterocycles. The molecule has 84 valence electrons. The van der Waals surface area contributed by atoms with Gasteiger partial charge in [-0.1, -0.05) is 0 Å². The topological polar surface area (TPSA) is 52.2 Å². The van der Waals surface area contributed by atoms with E-state index in [1.807, 2.05) is 0 Å². The van der Waals surface area contributed by atoms with E-state index in [2.05, 4.69) is 4.42 Å². The van der Waals surface area contributed by atoms with Crippen molar-refractivity contribution >= 4 is 10.9 Å². The van der Waals surface area contributed by atoms with Crippen LogP contribution in [0, 0.1) is 5.82 Å². The van der Waals surface area contributed by atoms with E-state index in [1.165, 1.54) is 16.7 Å². The highest BCUT2D eigenvalue weighted by atomic mass is 19.1. The van der Waals surface area contributed by atoms with Crippen LogP contribution in [-0.4, -0.2) is 4.57 Å². The Morgan fingerprint density at radius 1 is 1.31 bits per heavy atom. The molecule has 0 aliphatic heterocycles. The van der Waals surface area contributed by atoms with Crippen molar-refractivity contribution in [2.75, 3.05) is 0 Å². The molecule has 2 aromatic rings. The van der Waals surface area contributed by atoms with Crippen LogP contribution in [0.3, 0.4) is 0 Å². The first-order valence-electron chi connectivity index (χ1n) is 4.85. The zero-order valence-electron chi connectivity index (χ0n) is 8.86. The van der Waals surface area contributed by atoms with Gasteiger partial charge in [-0.3, -0.25) is 4.57 Å². The van der Waals surface area contributed by atoms with Crippen LogP contribution in [-0.2, 0) is 0 Å². The Kier molecular flexibility index (Phi) is 2.38. The third-order valence-electron chi connectivity index (χ3n) is 2.33. The van der Waals surface area contributed by atoms with Gasteiger partial charge in [0.1, 0.15) is 5.82 Å². The maximum Gasteiger partial charge on any atom is 0.422 e. The van der Waals surface area contributed by atoms with E-state index >= 15 is 0 Å². The van der Waals surface area contributed by atoms with E-state index in [9.17, 15) is 14.0 Å². The summed E-state index contributed by atoms with van der Waals surface area (Å²) in [5.74, 6) is -1.26. The molecule has 0 unspecified atom stereocenters. The fraction of sp³-hybridized carbons (Fsp3) is 0.273. The molecular weight excluding hydrogens is 213 g/mol. The zero-order valence-corrected chi connectivity index (χ0v) is 8.86. The fourth-order valence-electron chi connectivity index (χ4n) is 1.65. The van der Waals surface area contributed by atoms with Gasteiger partial charge in [0, 0.05) is 6.04 Å². The van der Waals surface area contributed by atoms with Gasteiger partial charge in [0.2, 0.25) is 0 Å². The highest BCUT2D eigenvalue weighted by Gasteiger charge is 2.12. The summed E-state index contributed by atoms with van der Waals surface area (Å²) in [6.45, 7) is 3.56. The monoisotopic (exact) mass is 223 g/mol. The number of hydrogen-bond donors (Lipinski definition) is 0. The Hall–Kier alpha value is -1.91. The molecule has 16 heavy (non-hydrogen) atoms. The highest BCUT2D eigenvalue weighted by molar-refractivity contribution is 5.77. The third-order valence-corrected chi connectivity index (χ3v) is 2.33. The highest BCUT2D eigenvalue weighted by Crippen LogP contribution is 2.13. The zero-order chi connectivity index (χ0) is 11.9. The summed E-state index contributed by atoms with van der Waals surface area (Å²) >= 11 is 0. The minimum atomic E-state index is -0.809. The van der Waals surface area contributed by atoms with Gasteiger partial charge < -0.3 is 4.42 Å². The Morgan fingerprint density at radius 3 is 2.62 bits per heavy atom. The second kappa shape index (κ2) is 3.59. The number of nitrogens with zero attached hydrogens (tertiary/aromatic N) is 1. The number of rotatable bonds is 1. The molecule has 2 rings (SSSR count). The van der Waals surface area contributed by atoms with Crippen LogP contribution >= 0.6 is 0 Å². The fourth-order valence-corrected chi connectivity index (χ4v) is 1.65. The van der Waals surface area contributed by atoms with Crippen molar-refractivity contribution in [1.82, 2.24) is 4.57 Å². The normalized spacial score (nSPS) is 11.2. The van der Waals surface area contributed by atoms with E-state index in [0.29, 0.717) is 5.52 Å². The quantitative estimate of drug-likeness (QED) is 0.739. The average Bonchev–Trinajstić information content (AvgIpc) is 2.18. The Labute approximate surface area is 89.9 Å². The third kappa shape index (κ3) is 1.54. The van der Waals surface area contributed by atoms with Gasteiger partial charge in [-0.15, -0.1) is 0 Å². The molecule has 0 bridgehead atoms. The molecule has 0 N–H and O–H groups in total. The molecule has 0 radical (unpaired) electrons. The van der Waals surface area contributed by atoms with Crippen LogP contribution in [0.5, 0.6) is 0 Å². The Bertz CT molecular complexity index is 654. The molecular formula is C11H10FNO3. The molecule has 0 aliphatic carbocycles. The molecule has 0 fully saturated rings. The van der Waals surface area contributed by atoms with Gasteiger partial charge in [0.25, 0.3) is 0 Å². The van der Waals surface area contributed by atoms with Crippen molar-refractivity contribution in [3.63, 3.8) is 0 Å². The Balaban J connectivity index is 3.02. The Morgan fingerprint density at radius 2 is 2.00 bits per heavy atom. The molecule has 0 aliphatic rings. The minimum Gasteiger partial charge on any atom is -0.372 e. The number of benzene rings is 1. The second-order valence-corrected chi connectivity index (χ2v) is 3.78.